The van der Waals surface area contributed by atoms with Crippen LogP contribution < -0.4 is 0 Å². The summed E-state index contributed by atoms with van der Waals surface area (Å²) in [6.45, 7) is 0. The lowest BCUT2D eigenvalue weighted by Gasteiger charge is -2.27. The molecular formula is C54H38. The van der Waals surface area contributed by atoms with Gasteiger partial charge < -0.3 is 0 Å². The van der Waals surface area contributed by atoms with E-state index >= 15 is 0 Å². The van der Waals surface area contributed by atoms with Crippen molar-refractivity contribution in [3.8, 4) is 33.4 Å². The zero-order valence-electron chi connectivity index (χ0n) is 30.0. The molecule has 1 unspecified atom stereocenters. The molecular weight excluding hydrogens is 649 g/mol. The largest absolute Gasteiger partial charge is 0.0751 e. The molecule has 0 fully saturated rings. The summed E-state index contributed by atoms with van der Waals surface area (Å²) in [5, 5.41) is 7.57. The van der Waals surface area contributed by atoms with Crippen LogP contribution in [0.4, 0.5) is 0 Å². The summed E-state index contributed by atoms with van der Waals surface area (Å²) >= 11 is 0. The van der Waals surface area contributed by atoms with Crippen LogP contribution in [-0.2, 0) is 0 Å². The van der Waals surface area contributed by atoms with E-state index in [1.165, 1.54) is 93.5 Å². The fourth-order valence-corrected chi connectivity index (χ4v) is 8.63. The lowest BCUT2D eigenvalue weighted by molar-refractivity contribution is 0.860. The molecule has 1 aliphatic rings. The number of benzene rings is 9. The van der Waals surface area contributed by atoms with Gasteiger partial charge in [-0.15, -0.1) is 0 Å². The third kappa shape index (κ3) is 5.65. The van der Waals surface area contributed by atoms with Crippen molar-refractivity contribution in [3.63, 3.8) is 0 Å². The van der Waals surface area contributed by atoms with E-state index in [1.807, 2.05) is 0 Å². The second-order valence-electron chi connectivity index (χ2n) is 14.3. The van der Waals surface area contributed by atoms with Gasteiger partial charge in [0.2, 0.25) is 0 Å². The first-order valence-electron chi connectivity index (χ1n) is 19.0. The van der Waals surface area contributed by atoms with Gasteiger partial charge in [-0.05, 0) is 118 Å². The van der Waals surface area contributed by atoms with Gasteiger partial charge >= 0.3 is 0 Å². The predicted octanol–water partition coefficient (Wildman–Crippen LogP) is 14.8. The Kier molecular flexibility index (Phi) is 8.08. The molecule has 0 bridgehead atoms. The zero-order valence-corrected chi connectivity index (χ0v) is 30.0. The van der Waals surface area contributed by atoms with E-state index in [0.717, 1.165) is 6.42 Å². The standard InChI is InChI=1S/C54H38/c1-5-17-37(18-6-1)43-29-31-47(49(33-43)39-21-9-3-10-22-39)53-45-27-15-16-28-46(45)54(52-36-42-26-14-13-25-41(42)35-51(52)53)48-32-30-44(38-19-7-2-8-20-38)34-50(48)40-23-11-4-12-24-40/h1-29,31-36,44H,30H2. The third-order valence-corrected chi connectivity index (χ3v) is 11.2. The summed E-state index contributed by atoms with van der Waals surface area (Å²) in [7, 11) is 0. The summed E-state index contributed by atoms with van der Waals surface area (Å²) in [5.74, 6) is 0.305. The molecule has 0 aromatic heterocycles. The Morgan fingerprint density at radius 1 is 0.333 bits per heavy atom. The van der Waals surface area contributed by atoms with Gasteiger partial charge in [0.15, 0.2) is 0 Å². The summed E-state index contributed by atoms with van der Waals surface area (Å²) in [5.41, 5.74) is 13.9. The highest BCUT2D eigenvalue weighted by Crippen LogP contribution is 2.50. The van der Waals surface area contributed by atoms with E-state index in [4.69, 9.17) is 0 Å². The Morgan fingerprint density at radius 3 is 1.50 bits per heavy atom. The van der Waals surface area contributed by atoms with Crippen molar-refractivity contribution in [2.24, 2.45) is 0 Å². The Morgan fingerprint density at radius 2 is 0.852 bits per heavy atom. The van der Waals surface area contributed by atoms with Crippen LogP contribution in [0.15, 0.2) is 212 Å². The molecule has 0 saturated carbocycles. The lowest BCUT2D eigenvalue weighted by atomic mass is 9.77. The van der Waals surface area contributed by atoms with Crippen molar-refractivity contribution < 1.29 is 0 Å². The minimum Gasteiger partial charge on any atom is -0.0751 e. The van der Waals surface area contributed by atoms with Gasteiger partial charge in [-0.1, -0.05) is 194 Å². The number of fused-ring (bicyclic) bond motifs is 3. The number of allylic oxidation sites excluding steroid dienone is 4. The topological polar surface area (TPSA) is 0 Å². The van der Waals surface area contributed by atoms with E-state index in [9.17, 15) is 0 Å². The summed E-state index contributed by atoms with van der Waals surface area (Å²) in [6, 6.07) is 73.4. The molecule has 9 aromatic carbocycles. The maximum Gasteiger partial charge on any atom is 0.00622 e. The van der Waals surface area contributed by atoms with Crippen LogP contribution in [0, 0.1) is 0 Å². The Bertz CT molecular complexity index is 2860. The summed E-state index contributed by atoms with van der Waals surface area (Å²) in [6.07, 6.45) is 5.98. The maximum atomic E-state index is 2.52. The minimum absolute atomic E-state index is 0.305. The molecule has 0 nitrogen and oxygen atoms in total. The van der Waals surface area contributed by atoms with Crippen LogP contribution >= 0.6 is 0 Å². The smallest absolute Gasteiger partial charge is 0.00622 e. The van der Waals surface area contributed by atoms with Gasteiger partial charge in [0.25, 0.3) is 0 Å². The second kappa shape index (κ2) is 13.7. The number of hydrogen-bond acceptors (Lipinski definition) is 0. The van der Waals surface area contributed by atoms with Crippen molar-refractivity contribution in [2.75, 3.05) is 0 Å². The minimum atomic E-state index is 0.305. The molecule has 9 aromatic rings. The van der Waals surface area contributed by atoms with Gasteiger partial charge in [0.1, 0.15) is 0 Å². The fraction of sp³-hybridized carbons (Fsp3) is 0.0370. The van der Waals surface area contributed by atoms with Gasteiger partial charge in [-0.25, -0.2) is 0 Å². The molecule has 10 rings (SSSR count). The molecule has 0 spiro atoms. The molecule has 0 heteroatoms. The van der Waals surface area contributed by atoms with Crippen LogP contribution in [0.1, 0.15) is 29.0 Å². The maximum absolute atomic E-state index is 2.52. The monoisotopic (exact) mass is 686 g/mol. The van der Waals surface area contributed by atoms with E-state index in [0.29, 0.717) is 5.92 Å². The molecule has 1 aliphatic carbocycles. The molecule has 0 aliphatic heterocycles. The summed E-state index contributed by atoms with van der Waals surface area (Å²) < 4.78 is 0. The van der Waals surface area contributed by atoms with Crippen molar-refractivity contribution in [2.45, 2.75) is 12.3 Å². The highest BCUT2D eigenvalue weighted by atomic mass is 14.3. The van der Waals surface area contributed by atoms with E-state index < -0.39 is 0 Å². The Balaban J connectivity index is 1.29. The van der Waals surface area contributed by atoms with Crippen molar-refractivity contribution >= 4 is 43.5 Å². The van der Waals surface area contributed by atoms with Crippen LogP contribution in [0.3, 0.4) is 0 Å². The van der Waals surface area contributed by atoms with Crippen LogP contribution in [0.5, 0.6) is 0 Å². The molecule has 254 valence electrons. The fourth-order valence-electron chi connectivity index (χ4n) is 8.63. The molecule has 0 heterocycles. The first-order valence-corrected chi connectivity index (χ1v) is 19.0. The third-order valence-electron chi connectivity index (χ3n) is 11.2. The molecule has 0 N–H and O–H groups in total. The van der Waals surface area contributed by atoms with Crippen molar-refractivity contribution in [3.05, 3.63) is 229 Å². The molecule has 0 saturated heterocycles. The summed E-state index contributed by atoms with van der Waals surface area (Å²) in [4.78, 5) is 0. The normalized spacial score (nSPS) is 14.3. The average Bonchev–Trinajstić information content (AvgIpc) is 3.26. The lowest BCUT2D eigenvalue weighted by Crippen LogP contribution is -2.05. The Labute approximate surface area is 317 Å². The number of rotatable bonds is 6. The highest BCUT2D eigenvalue weighted by Gasteiger charge is 2.26. The van der Waals surface area contributed by atoms with E-state index in [2.05, 4.69) is 212 Å². The van der Waals surface area contributed by atoms with Gasteiger partial charge in [-0.3, -0.25) is 0 Å². The van der Waals surface area contributed by atoms with E-state index in [1.54, 1.807) is 0 Å². The first kappa shape index (κ1) is 31.9. The quantitative estimate of drug-likeness (QED) is 0.153. The van der Waals surface area contributed by atoms with Crippen molar-refractivity contribution in [1.82, 2.24) is 0 Å². The SMILES string of the molecule is C1=C(c2ccccc2)C(c2c3ccccc3c(-c3ccc(-c4ccccc4)cc3-c3ccccc3)c3cc4ccccc4cc23)=CCC1c1ccccc1. The second-order valence-corrected chi connectivity index (χ2v) is 14.3. The Hall–Kier alpha value is -6.76. The van der Waals surface area contributed by atoms with Crippen molar-refractivity contribution in [1.29, 1.82) is 0 Å². The molecule has 54 heavy (non-hydrogen) atoms. The van der Waals surface area contributed by atoms with Gasteiger partial charge in [0, 0.05) is 5.92 Å². The van der Waals surface area contributed by atoms with Crippen LogP contribution in [-0.4, -0.2) is 0 Å². The zero-order chi connectivity index (χ0) is 35.8. The van der Waals surface area contributed by atoms with Crippen LogP contribution in [0.2, 0.25) is 0 Å². The highest BCUT2D eigenvalue weighted by molar-refractivity contribution is 6.26. The van der Waals surface area contributed by atoms with E-state index in [-0.39, 0.29) is 0 Å². The van der Waals surface area contributed by atoms with Gasteiger partial charge in [-0.2, -0.15) is 0 Å². The van der Waals surface area contributed by atoms with Gasteiger partial charge in [0.05, 0.1) is 0 Å². The molecule has 1 atom stereocenters. The predicted molar refractivity (Wildman–Crippen MR) is 231 cm³/mol. The van der Waals surface area contributed by atoms with Crippen LogP contribution in [0.25, 0.3) is 76.8 Å². The number of hydrogen-bond donors (Lipinski definition) is 0. The molecule has 0 amide bonds. The first-order chi connectivity index (χ1) is 26.8. The molecule has 0 radical (unpaired) electrons. The average molecular weight is 687 g/mol.